The molecule has 0 N–H and O–H groups in total. The molecule has 14 aromatic rings. The third kappa shape index (κ3) is 5.72. The van der Waals surface area contributed by atoms with E-state index >= 15 is 0 Å². The van der Waals surface area contributed by atoms with Crippen LogP contribution in [-0.4, -0.2) is 4.57 Å². The van der Waals surface area contributed by atoms with Crippen molar-refractivity contribution in [2.75, 3.05) is 4.90 Å². The van der Waals surface area contributed by atoms with Crippen molar-refractivity contribution in [2.45, 2.75) is 5.41 Å². The lowest BCUT2D eigenvalue weighted by Crippen LogP contribution is -2.26. The number of rotatable bonds is 6. The largest absolute Gasteiger partial charge is 0.455 e. The Balaban J connectivity index is 0.880. The fourth-order valence-electron chi connectivity index (χ4n) is 13.1. The van der Waals surface area contributed by atoms with Gasteiger partial charge in [0.25, 0.3) is 0 Å². The summed E-state index contributed by atoms with van der Waals surface area (Å²) in [6.45, 7) is 0. The molecule has 0 saturated carbocycles. The summed E-state index contributed by atoms with van der Waals surface area (Å²) in [5.41, 5.74) is 23.2. The first kappa shape index (κ1) is 41.0. The summed E-state index contributed by atoms with van der Waals surface area (Å²) in [6.07, 6.45) is 0. The number of benzene rings is 12. The normalized spacial score (nSPS) is 13.0. The monoisotopic (exact) mass is 940 g/mol. The Bertz CT molecular complexity index is 4530. The molecule has 0 amide bonds. The number of nitrogens with zero attached hydrogens (tertiary/aromatic N) is 2. The van der Waals surface area contributed by atoms with Crippen molar-refractivity contribution in [1.82, 2.24) is 4.57 Å². The number of para-hydroxylation sites is 2. The molecule has 12 aromatic carbocycles. The molecular weight excluding hydrogens is 897 g/mol. The van der Waals surface area contributed by atoms with Crippen LogP contribution in [0.5, 0.6) is 0 Å². The molecule has 0 radical (unpaired) electrons. The van der Waals surface area contributed by atoms with Gasteiger partial charge in [-0.3, -0.25) is 0 Å². The van der Waals surface area contributed by atoms with Gasteiger partial charge in [-0.2, -0.15) is 0 Å². The zero-order valence-electron chi connectivity index (χ0n) is 40.2. The van der Waals surface area contributed by atoms with E-state index in [2.05, 4.69) is 276 Å². The Morgan fingerprint density at radius 2 is 0.905 bits per heavy atom. The van der Waals surface area contributed by atoms with Crippen LogP contribution in [0.25, 0.3) is 105 Å². The fourth-order valence-corrected chi connectivity index (χ4v) is 13.1. The van der Waals surface area contributed by atoms with Crippen molar-refractivity contribution in [3.8, 4) is 50.2 Å². The van der Waals surface area contributed by atoms with Gasteiger partial charge in [-0.25, -0.2) is 0 Å². The molecule has 0 saturated heterocycles. The second-order valence-electron chi connectivity index (χ2n) is 19.9. The minimum absolute atomic E-state index is 0.470. The predicted octanol–water partition coefficient (Wildman–Crippen LogP) is 19.0. The first-order chi connectivity index (χ1) is 36.7. The molecule has 3 nitrogen and oxygen atoms in total. The average molecular weight is 941 g/mol. The van der Waals surface area contributed by atoms with Crippen LogP contribution in [0.2, 0.25) is 0 Å². The lowest BCUT2D eigenvalue weighted by Gasteiger charge is -2.32. The number of furan rings is 1. The van der Waals surface area contributed by atoms with Crippen LogP contribution in [0, 0.1) is 0 Å². The van der Waals surface area contributed by atoms with Crippen molar-refractivity contribution in [3.05, 3.63) is 289 Å². The SMILES string of the molecule is c1cc(-c2ccc3oc4c5ccccc5ccc4c3c2)cc(N(c2ccc(-c3cccc(-n4c5ccccc5c5ccccc54)c3)cc2)c2cccc3c2-c2ccccc2C32c3ccccc3-c3ccccc32)c1. The first-order valence-electron chi connectivity index (χ1n) is 25.6. The number of anilines is 3. The van der Waals surface area contributed by atoms with E-state index in [1.54, 1.807) is 0 Å². The van der Waals surface area contributed by atoms with Crippen molar-refractivity contribution < 1.29 is 4.42 Å². The van der Waals surface area contributed by atoms with E-state index in [0.717, 1.165) is 72.3 Å². The molecule has 344 valence electrons. The van der Waals surface area contributed by atoms with Gasteiger partial charge < -0.3 is 13.9 Å². The van der Waals surface area contributed by atoms with E-state index < -0.39 is 5.41 Å². The minimum Gasteiger partial charge on any atom is -0.455 e. The second kappa shape index (κ2) is 15.6. The van der Waals surface area contributed by atoms with Crippen LogP contribution in [0.1, 0.15) is 22.3 Å². The Labute approximate surface area is 428 Å². The average Bonchev–Trinajstić information content (AvgIpc) is 4.22. The van der Waals surface area contributed by atoms with E-state index in [0.29, 0.717) is 0 Å². The number of fused-ring (bicyclic) bond motifs is 18. The van der Waals surface area contributed by atoms with Crippen LogP contribution in [-0.2, 0) is 5.41 Å². The van der Waals surface area contributed by atoms with Gasteiger partial charge in [0.15, 0.2) is 0 Å². The summed E-state index contributed by atoms with van der Waals surface area (Å²) >= 11 is 0. The fraction of sp³-hybridized carbons (Fsp3) is 0.0141. The third-order valence-electron chi connectivity index (χ3n) is 16.2. The van der Waals surface area contributed by atoms with E-state index in [4.69, 9.17) is 4.42 Å². The number of hydrogen-bond acceptors (Lipinski definition) is 2. The molecule has 2 aromatic heterocycles. The summed E-state index contributed by atoms with van der Waals surface area (Å²) < 4.78 is 8.98. The lowest BCUT2D eigenvalue weighted by molar-refractivity contribution is 0.672. The summed E-state index contributed by atoms with van der Waals surface area (Å²) in [4.78, 5) is 2.49. The Hall–Kier alpha value is -9.70. The summed E-state index contributed by atoms with van der Waals surface area (Å²) in [6, 6.07) is 98.4. The van der Waals surface area contributed by atoms with E-state index in [1.807, 2.05) is 0 Å². The third-order valence-corrected chi connectivity index (χ3v) is 16.2. The van der Waals surface area contributed by atoms with Crippen molar-refractivity contribution >= 4 is 71.6 Å². The molecule has 0 atom stereocenters. The molecule has 0 aliphatic heterocycles. The maximum absolute atomic E-state index is 6.58. The van der Waals surface area contributed by atoms with Crippen LogP contribution >= 0.6 is 0 Å². The maximum Gasteiger partial charge on any atom is 0.143 e. The molecule has 0 unspecified atom stereocenters. The van der Waals surface area contributed by atoms with Crippen molar-refractivity contribution in [3.63, 3.8) is 0 Å². The molecule has 16 rings (SSSR count). The first-order valence-corrected chi connectivity index (χ1v) is 25.6. The van der Waals surface area contributed by atoms with Crippen molar-refractivity contribution in [2.24, 2.45) is 0 Å². The molecule has 3 heteroatoms. The highest BCUT2D eigenvalue weighted by Crippen LogP contribution is 2.64. The van der Waals surface area contributed by atoms with E-state index in [9.17, 15) is 0 Å². The number of hydrogen-bond donors (Lipinski definition) is 0. The molecule has 0 bridgehead atoms. The van der Waals surface area contributed by atoms with Crippen molar-refractivity contribution in [1.29, 1.82) is 0 Å². The lowest BCUT2D eigenvalue weighted by atomic mass is 9.70. The molecule has 74 heavy (non-hydrogen) atoms. The molecule has 2 aliphatic rings. The topological polar surface area (TPSA) is 21.3 Å². The predicted molar refractivity (Wildman–Crippen MR) is 307 cm³/mol. The van der Waals surface area contributed by atoms with E-state index in [1.165, 1.54) is 71.7 Å². The summed E-state index contributed by atoms with van der Waals surface area (Å²) in [7, 11) is 0. The standard InChI is InChI=1S/C71H44N2O/c1-2-21-53-46(16-1)36-40-58-60-44-49(37-41-68(60)74-70(53)58)48-18-14-19-51(43-48)72(50-38-34-45(35-39-50)47-17-13-20-52(42-47)73-65-31-11-6-24-56(65)57-25-7-12-32-66(57)73)67-33-15-30-64-69(67)59-26-5-10-29-63(59)71(64)61-27-8-3-22-54(61)55-23-4-9-28-62(55)71/h1-44H. The van der Waals surface area contributed by atoms with Crippen LogP contribution in [0.15, 0.2) is 271 Å². The van der Waals surface area contributed by atoms with Crippen LogP contribution in [0.4, 0.5) is 17.1 Å². The van der Waals surface area contributed by atoms with Crippen LogP contribution in [0.3, 0.4) is 0 Å². The van der Waals surface area contributed by atoms with Gasteiger partial charge in [0, 0.05) is 49.6 Å². The smallest absolute Gasteiger partial charge is 0.143 e. The zero-order valence-corrected chi connectivity index (χ0v) is 40.2. The second-order valence-corrected chi connectivity index (χ2v) is 19.9. The van der Waals surface area contributed by atoms with E-state index in [-0.39, 0.29) is 0 Å². The molecule has 2 aliphatic carbocycles. The van der Waals surface area contributed by atoms with Gasteiger partial charge in [0.05, 0.1) is 22.1 Å². The van der Waals surface area contributed by atoms with Gasteiger partial charge >= 0.3 is 0 Å². The van der Waals surface area contributed by atoms with Gasteiger partial charge in [0.1, 0.15) is 11.2 Å². The molecule has 2 heterocycles. The van der Waals surface area contributed by atoms with Gasteiger partial charge in [-0.1, -0.05) is 194 Å². The summed E-state index contributed by atoms with van der Waals surface area (Å²) in [5, 5.41) is 7.06. The summed E-state index contributed by atoms with van der Waals surface area (Å²) in [5.74, 6) is 0. The molecule has 1 spiro atoms. The minimum atomic E-state index is -0.470. The molecule has 0 fully saturated rings. The number of aromatic nitrogens is 1. The Morgan fingerprint density at radius 3 is 1.65 bits per heavy atom. The molecular formula is C71H44N2O. The highest BCUT2D eigenvalue weighted by molar-refractivity contribution is 6.16. The highest BCUT2D eigenvalue weighted by Gasteiger charge is 2.52. The Kier molecular flexibility index (Phi) is 8.66. The van der Waals surface area contributed by atoms with Crippen LogP contribution < -0.4 is 4.90 Å². The quantitative estimate of drug-likeness (QED) is 0.166. The van der Waals surface area contributed by atoms with Gasteiger partial charge in [-0.05, 0) is 139 Å². The van der Waals surface area contributed by atoms with Gasteiger partial charge in [-0.15, -0.1) is 0 Å². The highest BCUT2D eigenvalue weighted by atomic mass is 16.3. The zero-order chi connectivity index (χ0) is 48.5. The van der Waals surface area contributed by atoms with Gasteiger partial charge in [0.2, 0.25) is 0 Å². The Morgan fingerprint density at radius 1 is 0.338 bits per heavy atom. The maximum atomic E-state index is 6.58.